The van der Waals surface area contributed by atoms with E-state index in [1.54, 1.807) is 12.1 Å². The van der Waals surface area contributed by atoms with Gasteiger partial charge in [-0.1, -0.05) is 0 Å². The molecule has 1 aromatic rings. The van der Waals surface area contributed by atoms with Crippen LogP contribution in [-0.2, 0) is 9.53 Å². The van der Waals surface area contributed by atoms with Gasteiger partial charge in [0.25, 0.3) is 5.91 Å². The van der Waals surface area contributed by atoms with Crippen LogP contribution in [-0.4, -0.2) is 44.7 Å². The van der Waals surface area contributed by atoms with Crippen LogP contribution in [0.25, 0.3) is 0 Å². The van der Waals surface area contributed by atoms with Crippen molar-refractivity contribution in [3.05, 3.63) is 23.8 Å². The molecule has 6 heteroatoms. The second-order valence-electron chi connectivity index (χ2n) is 5.67. The molecule has 0 saturated heterocycles. The van der Waals surface area contributed by atoms with Crippen LogP contribution < -0.4 is 15.5 Å². The number of carbonyl (C=O) groups excluding carboxylic acids is 2. The summed E-state index contributed by atoms with van der Waals surface area (Å²) >= 11 is 0. The molecule has 1 aliphatic rings. The number of fused-ring (bicyclic) bond motifs is 1. The molecule has 120 valence electrons. The minimum Gasteiger partial charge on any atom is -0.379 e. The standard InChI is InChI=1S/C16H23N3O3/c1-11(2)22-8-4-7-17-16(21)12-5-6-14-13(9-12)18-15(20)10-19(14)3/h5-6,9,11H,4,7-8,10H2,1-3H3,(H,17,21)(H,18,20). The Morgan fingerprint density at radius 2 is 2.23 bits per heavy atom. The Hall–Kier alpha value is -2.08. The number of likely N-dealkylation sites (N-methyl/N-ethyl adjacent to an activating group) is 1. The highest BCUT2D eigenvalue weighted by molar-refractivity contribution is 6.03. The minimum absolute atomic E-state index is 0.0709. The van der Waals surface area contributed by atoms with Crippen molar-refractivity contribution >= 4 is 23.2 Å². The van der Waals surface area contributed by atoms with Gasteiger partial charge in [0.1, 0.15) is 0 Å². The molecular weight excluding hydrogens is 282 g/mol. The summed E-state index contributed by atoms with van der Waals surface area (Å²) < 4.78 is 5.42. The monoisotopic (exact) mass is 305 g/mol. The zero-order chi connectivity index (χ0) is 16.1. The van der Waals surface area contributed by atoms with Crippen LogP contribution in [0.2, 0.25) is 0 Å². The highest BCUT2D eigenvalue weighted by atomic mass is 16.5. The maximum Gasteiger partial charge on any atom is 0.251 e. The predicted octanol–water partition coefficient (Wildman–Crippen LogP) is 1.62. The number of rotatable bonds is 6. The lowest BCUT2D eigenvalue weighted by Crippen LogP contribution is -2.35. The van der Waals surface area contributed by atoms with E-state index in [0.29, 0.717) is 30.9 Å². The third kappa shape index (κ3) is 4.21. The first-order valence-corrected chi connectivity index (χ1v) is 7.52. The fourth-order valence-electron chi connectivity index (χ4n) is 2.30. The molecule has 0 saturated carbocycles. The predicted molar refractivity (Wildman–Crippen MR) is 86.4 cm³/mol. The van der Waals surface area contributed by atoms with Gasteiger partial charge in [-0.15, -0.1) is 0 Å². The van der Waals surface area contributed by atoms with Crippen LogP contribution in [0.5, 0.6) is 0 Å². The highest BCUT2D eigenvalue weighted by Crippen LogP contribution is 2.29. The molecule has 0 unspecified atom stereocenters. The van der Waals surface area contributed by atoms with E-state index in [4.69, 9.17) is 4.74 Å². The summed E-state index contributed by atoms with van der Waals surface area (Å²) in [6.07, 6.45) is 0.978. The van der Waals surface area contributed by atoms with Crippen molar-refractivity contribution in [3.63, 3.8) is 0 Å². The van der Waals surface area contributed by atoms with Crippen LogP contribution in [0.4, 0.5) is 11.4 Å². The molecule has 22 heavy (non-hydrogen) atoms. The molecule has 1 heterocycles. The van der Waals surface area contributed by atoms with Crippen molar-refractivity contribution < 1.29 is 14.3 Å². The first-order valence-electron chi connectivity index (χ1n) is 7.52. The Balaban J connectivity index is 1.91. The number of ether oxygens (including phenoxy) is 1. The van der Waals surface area contributed by atoms with Crippen LogP contribution in [0, 0.1) is 0 Å². The lowest BCUT2D eigenvalue weighted by molar-refractivity contribution is -0.115. The normalized spacial score (nSPS) is 13.8. The van der Waals surface area contributed by atoms with Gasteiger partial charge in [-0.05, 0) is 38.5 Å². The van der Waals surface area contributed by atoms with Crippen molar-refractivity contribution in [2.75, 3.05) is 37.0 Å². The van der Waals surface area contributed by atoms with E-state index in [0.717, 1.165) is 12.1 Å². The second-order valence-corrected chi connectivity index (χ2v) is 5.67. The molecule has 0 bridgehead atoms. The Labute approximate surface area is 130 Å². The fourth-order valence-corrected chi connectivity index (χ4v) is 2.30. The lowest BCUT2D eigenvalue weighted by Gasteiger charge is -2.27. The number of nitrogens with zero attached hydrogens (tertiary/aromatic N) is 1. The van der Waals surface area contributed by atoms with Crippen LogP contribution in [0.3, 0.4) is 0 Å². The molecule has 0 radical (unpaired) electrons. The van der Waals surface area contributed by atoms with Gasteiger partial charge in [0.05, 0.1) is 24.0 Å². The van der Waals surface area contributed by atoms with E-state index >= 15 is 0 Å². The van der Waals surface area contributed by atoms with E-state index < -0.39 is 0 Å². The molecule has 0 spiro atoms. The summed E-state index contributed by atoms with van der Waals surface area (Å²) in [5.74, 6) is -0.215. The van der Waals surface area contributed by atoms with Crippen molar-refractivity contribution in [1.29, 1.82) is 0 Å². The second kappa shape index (κ2) is 7.26. The molecule has 1 aromatic carbocycles. The number of hydrogen-bond donors (Lipinski definition) is 2. The molecule has 2 rings (SSSR count). The molecule has 0 aliphatic carbocycles. The third-order valence-corrected chi connectivity index (χ3v) is 3.38. The summed E-state index contributed by atoms with van der Waals surface area (Å²) in [5.41, 5.74) is 2.13. The van der Waals surface area contributed by atoms with Crippen LogP contribution in [0.15, 0.2) is 18.2 Å². The Kier molecular flexibility index (Phi) is 5.38. The summed E-state index contributed by atoms with van der Waals surface area (Å²) in [7, 11) is 1.85. The molecule has 0 atom stereocenters. The molecule has 1 aliphatic heterocycles. The third-order valence-electron chi connectivity index (χ3n) is 3.38. The van der Waals surface area contributed by atoms with Gasteiger partial charge in [0.15, 0.2) is 0 Å². The number of carbonyl (C=O) groups is 2. The fraction of sp³-hybridized carbons (Fsp3) is 0.500. The first kappa shape index (κ1) is 16.3. The van der Waals surface area contributed by atoms with Gasteiger partial charge in [-0.2, -0.15) is 0 Å². The van der Waals surface area contributed by atoms with Gasteiger partial charge >= 0.3 is 0 Å². The molecule has 2 amide bonds. The van der Waals surface area contributed by atoms with Crippen LogP contribution in [0.1, 0.15) is 30.6 Å². The van der Waals surface area contributed by atoms with Crippen molar-refractivity contribution in [1.82, 2.24) is 5.32 Å². The van der Waals surface area contributed by atoms with Gasteiger partial charge in [0, 0.05) is 25.8 Å². The topological polar surface area (TPSA) is 70.7 Å². The van der Waals surface area contributed by atoms with E-state index in [1.807, 2.05) is 31.9 Å². The molecular formula is C16H23N3O3. The number of amides is 2. The SMILES string of the molecule is CC(C)OCCCNC(=O)c1ccc2c(c1)NC(=O)CN2C. The van der Waals surface area contributed by atoms with E-state index in [1.165, 1.54) is 0 Å². The summed E-state index contributed by atoms with van der Waals surface area (Å²) in [6.45, 7) is 5.49. The van der Waals surface area contributed by atoms with E-state index in [2.05, 4.69) is 10.6 Å². The summed E-state index contributed by atoms with van der Waals surface area (Å²) in [6, 6.07) is 5.33. The maximum absolute atomic E-state index is 12.1. The van der Waals surface area contributed by atoms with E-state index in [9.17, 15) is 9.59 Å². The lowest BCUT2D eigenvalue weighted by atomic mass is 10.1. The van der Waals surface area contributed by atoms with E-state index in [-0.39, 0.29) is 17.9 Å². The molecule has 2 N–H and O–H groups in total. The Bertz CT molecular complexity index is 558. The highest BCUT2D eigenvalue weighted by Gasteiger charge is 2.20. The van der Waals surface area contributed by atoms with Gasteiger partial charge in [0.2, 0.25) is 5.91 Å². The largest absolute Gasteiger partial charge is 0.379 e. The summed E-state index contributed by atoms with van der Waals surface area (Å²) in [5, 5.41) is 5.65. The number of hydrogen-bond acceptors (Lipinski definition) is 4. The van der Waals surface area contributed by atoms with Gasteiger partial charge < -0.3 is 20.3 Å². The quantitative estimate of drug-likeness (QED) is 0.784. The molecule has 0 fully saturated rings. The molecule has 6 nitrogen and oxygen atoms in total. The average molecular weight is 305 g/mol. The van der Waals surface area contributed by atoms with Crippen molar-refractivity contribution in [2.45, 2.75) is 26.4 Å². The number of anilines is 2. The van der Waals surface area contributed by atoms with Gasteiger partial charge in [-0.25, -0.2) is 0 Å². The number of benzene rings is 1. The zero-order valence-corrected chi connectivity index (χ0v) is 13.3. The Morgan fingerprint density at radius 3 is 2.95 bits per heavy atom. The molecule has 0 aromatic heterocycles. The summed E-state index contributed by atoms with van der Waals surface area (Å²) in [4.78, 5) is 25.5. The van der Waals surface area contributed by atoms with Crippen molar-refractivity contribution in [3.8, 4) is 0 Å². The van der Waals surface area contributed by atoms with Crippen molar-refractivity contribution in [2.24, 2.45) is 0 Å². The minimum atomic E-state index is -0.144. The average Bonchev–Trinajstić information content (AvgIpc) is 2.45. The maximum atomic E-state index is 12.1. The zero-order valence-electron chi connectivity index (χ0n) is 13.3. The first-order chi connectivity index (χ1) is 10.5. The smallest absolute Gasteiger partial charge is 0.251 e. The van der Waals surface area contributed by atoms with Gasteiger partial charge in [-0.3, -0.25) is 9.59 Å². The number of nitrogens with one attached hydrogen (secondary N) is 2. The Morgan fingerprint density at radius 1 is 1.45 bits per heavy atom. The van der Waals surface area contributed by atoms with Crippen LogP contribution >= 0.6 is 0 Å².